The zero-order valence-electron chi connectivity index (χ0n) is 16.1. The fourth-order valence-corrected chi connectivity index (χ4v) is 2.97. The van der Waals surface area contributed by atoms with E-state index in [2.05, 4.69) is 20.3 Å². The smallest absolute Gasteiger partial charge is 0.420 e. The van der Waals surface area contributed by atoms with Crippen molar-refractivity contribution in [2.75, 3.05) is 11.1 Å². The van der Waals surface area contributed by atoms with Crippen molar-refractivity contribution in [3.8, 4) is 17.5 Å². The summed E-state index contributed by atoms with van der Waals surface area (Å²) in [6.07, 6.45) is -3.34. The first-order valence-corrected chi connectivity index (χ1v) is 9.09. The minimum Gasteiger partial charge on any atom is -0.505 e. The van der Waals surface area contributed by atoms with Crippen LogP contribution in [0, 0.1) is 0 Å². The Balaban J connectivity index is 1.63. The van der Waals surface area contributed by atoms with Crippen LogP contribution in [0.1, 0.15) is 15.9 Å². The molecular weight excluding hydrogens is 427 g/mol. The van der Waals surface area contributed by atoms with Gasteiger partial charge in [0.2, 0.25) is 17.7 Å². The van der Waals surface area contributed by atoms with E-state index < -0.39 is 23.4 Å². The number of phenolic OH excluding ortho intramolecular Hbond substituents is 1. The number of alkyl halides is 3. The van der Waals surface area contributed by atoms with Crippen LogP contribution in [0.3, 0.4) is 0 Å². The number of anilines is 2. The standard InChI is InChI=1S/C21H14F3N5O3/c22-21(23,24)13-4-2-6-15(18(13)30)28-19(31)12-3-1-5-14-11(12)7-8-16(27-14)32-17-9-10-26-20(25)29-17/h1-10,30H,(H,28,31)(H2,25,26,29). The number of nitrogens with zero attached hydrogens (tertiary/aromatic N) is 3. The van der Waals surface area contributed by atoms with Crippen LogP contribution in [0.2, 0.25) is 0 Å². The summed E-state index contributed by atoms with van der Waals surface area (Å²) in [5.74, 6) is -1.39. The van der Waals surface area contributed by atoms with Crippen molar-refractivity contribution in [2.45, 2.75) is 6.18 Å². The number of carbonyl (C=O) groups excluding carboxylic acids is 1. The van der Waals surface area contributed by atoms with Gasteiger partial charge in [-0.15, -0.1) is 0 Å². The van der Waals surface area contributed by atoms with Gasteiger partial charge in [0.15, 0.2) is 5.75 Å². The molecule has 0 saturated carbocycles. The minimum atomic E-state index is -4.76. The number of amides is 1. The van der Waals surface area contributed by atoms with E-state index >= 15 is 0 Å². The monoisotopic (exact) mass is 441 g/mol. The molecule has 32 heavy (non-hydrogen) atoms. The third-order valence-corrected chi connectivity index (χ3v) is 4.40. The summed E-state index contributed by atoms with van der Waals surface area (Å²) >= 11 is 0. The molecule has 0 fully saturated rings. The summed E-state index contributed by atoms with van der Waals surface area (Å²) in [4.78, 5) is 24.7. The van der Waals surface area contributed by atoms with Crippen LogP contribution < -0.4 is 15.8 Å². The number of para-hydroxylation sites is 1. The lowest BCUT2D eigenvalue weighted by Gasteiger charge is -2.14. The van der Waals surface area contributed by atoms with E-state index in [4.69, 9.17) is 10.5 Å². The first-order valence-electron chi connectivity index (χ1n) is 9.09. The molecule has 2 heterocycles. The molecular formula is C21H14F3N5O3. The van der Waals surface area contributed by atoms with Gasteiger partial charge >= 0.3 is 6.18 Å². The average Bonchev–Trinajstić information content (AvgIpc) is 2.74. The summed E-state index contributed by atoms with van der Waals surface area (Å²) in [6.45, 7) is 0. The number of benzene rings is 2. The Morgan fingerprint density at radius 1 is 1.00 bits per heavy atom. The van der Waals surface area contributed by atoms with Gasteiger partial charge in [-0.05, 0) is 30.3 Å². The number of hydrogen-bond donors (Lipinski definition) is 3. The molecule has 0 saturated heterocycles. The molecule has 4 N–H and O–H groups in total. The van der Waals surface area contributed by atoms with Crippen molar-refractivity contribution < 1.29 is 27.8 Å². The number of nitrogens with two attached hydrogens (primary N) is 1. The quantitative estimate of drug-likeness (QED) is 0.402. The lowest BCUT2D eigenvalue weighted by atomic mass is 10.1. The van der Waals surface area contributed by atoms with E-state index in [1.165, 1.54) is 30.5 Å². The molecule has 1 amide bonds. The minimum absolute atomic E-state index is 0.0279. The first-order chi connectivity index (χ1) is 15.2. The molecule has 0 aliphatic rings. The van der Waals surface area contributed by atoms with Crippen molar-refractivity contribution in [3.63, 3.8) is 0 Å². The van der Waals surface area contributed by atoms with Crippen molar-refractivity contribution >= 4 is 28.4 Å². The summed E-state index contributed by atoms with van der Waals surface area (Å²) in [6, 6.07) is 12.2. The molecule has 11 heteroatoms. The Bertz CT molecular complexity index is 1330. The average molecular weight is 441 g/mol. The van der Waals surface area contributed by atoms with Gasteiger partial charge < -0.3 is 20.9 Å². The number of carbonyl (C=O) groups is 1. The number of aromatic nitrogens is 3. The molecule has 0 aliphatic carbocycles. The molecule has 2 aromatic carbocycles. The highest BCUT2D eigenvalue weighted by Crippen LogP contribution is 2.39. The van der Waals surface area contributed by atoms with Crippen LogP contribution >= 0.6 is 0 Å². The van der Waals surface area contributed by atoms with Crippen molar-refractivity contribution in [2.24, 2.45) is 0 Å². The van der Waals surface area contributed by atoms with E-state index in [1.54, 1.807) is 18.2 Å². The second kappa shape index (κ2) is 8.02. The zero-order chi connectivity index (χ0) is 22.9. The van der Waals surface area contributed by atoms with E-state index in [9.17, 15) is 23.1 Å². The molecule has 0 radical (unpaired) electrons. The van der Waals surface area contributed by atoms with Gasteiger partial charge in [-0.25, -0.2) is 9.97 Å². The van der Waals surface area contributed by atoms with Crippen molar-refractivity contribution in [1.82, 2.24) is 15.0 Å². The summed E-state index contributed by atoms with van der Waals surface area (Å²) in [5, 5.41) is 12.7. The number of ether oxygens (including phenoxy) is 1. The van der Waals surface area contributed by atoms with Gasteiger partial charge in [0.1, 0.15) is 0 Å². The number of fused-ring (bicyclic) bond motifs is 1. The number of nitrogen functional groups attached to an aromatic ring is 1. The number of aromatic hydroxyl groups is 1. The number of hydrogen-bond acceptors (Lipinski definition) is 7. The summed E-state index contributed by atoms with van der Waals surface area (Å²) in [7, 11) is 0. The van der Waals surface area contributed by atoms with E-state index in [1.807, 2.05) is 0 Å². The van der Waals surface area contributed by atoms with Crippen LogP contribution in [0.4, 0.5) is 24.8 Å². The molecule has 0 aliphatic heterocycles. The molecule has 2 aromatic heterocycles. The third-order valence-electron chi connectivity index (χ3n) is 4.40. The fourth-order valence-electron chi connectivity index (χ4n) is 2.97. The maximum atomic E-state index is 13.0. The molecule has 8 nitrogen and oxygen atoms in total. The van der Waals surface area contributed by atoms with Crippen LogP contribution in [-0.2, 0) is 6.18 Å². The Morgan fingerprint density at radius 3 is 2.50 bits per heavy atom. The Labute approximate surface area is 178 Å². The normalized spacial score (nSPS) is 11.3. The van der Waals surface area contributed by atoms with Gasteiger partial charge in [-0.3, -0.25) is 4.79 Å². The molecule has 4 rings (SSSR count). The highest BCUT2D eigenvalue weighted by atomic mass is 19.4. The van der Waals surface area contributed by atoms with Gasteiger partial charge in [0.05, 0.1) is 16.8 Å². The van der Waals surface area contributed by atoms with E-state index in [0.29, 0.717) is 10.9 Å². The molecule has 0 atom stereocenters. The summed E-state index contributed by atoms with van der Waals surface area (Å²) < 4.78 is 44.6. The van der Waals surface area contributed by atoms with Gasteiger partial charge in [0.25, 0.3) is 5.91 Å². The Kier molecular flexibility index (Phi) is 5.23. The Hall–Kier alpha value is -4.41. The van der Waals surface area contributed by atoms with Crippen LogP contribution in [0.15, 0.2) is 60.8 Å². The summed E-state index contributed by atoms with van der Waals surface area (Å²) in [5.41, 5.74) is 4.44. The number of phenols is 1. The Morgan fingerprint density at radius 2 is 1.75 bits per heavy atom. The first kappa shape index (κ1) is 20.8. The van der Waals surface area contributed by atoms with Crippen LogP contribution in [-0.4, -0.2) is 26.0 Å². The van der Waals surface area contributed by atoms with Crippen LogP contribution in [0.5, 0.6) is 17.5 Å². The maximum Gasteiger partial charge on any atom is 0.420 e. The maximum absolute atomic E-state index is 13.0. The second-order valence-corrected chi connectivity index (χ2v) is 6.53. The topological polar surface area (TPSA) is 123 Å². The van der Waals surface area contributed by atoms with Crippen LogP contribution in [0.25, 0.3) is 10.9 Å². The zero-order valence-corrected chi connectivity index (χ0v) is 16.1. The molecule has 162 valence electrons. The SMILES string of the molecule is Nc1nccc(Oc2ccc3c(C(=O)Nc4cccc(C(F)(F)F)c4O)cccc3n2)n1. The predicted molar refractivity (Wildman–Crippen MR) is 109 cm³/mol. The van der Waals surface area contributed by atoms with E-state index in [-0.39, 0.29) is 29.0 Å². The molecule has 0 unspecified atom stereocenters. The number of halogens is 3. The predicted octanol–water partition coefficient (Wildman–Crippen LogP) is 4.38. The number of nitrogens with one attached hydrogen (secondary N) is 1. The van der Waals surface area contributed by atoms with Gasteiger partial charge in [-0.1, -0.05) is 12.1 Å². The molecule has 4 aromatic rings. The van der Waals surface area contributed by atoms with E-state index in [0.717, 1.165) is 12.1 Å². The second-order valence-electron chi connectivity index (χ2n) is 6.53. The van der Waals surface area contributed by atoms with Crippen molar-refractivity contribution in [3.05, 3.63) is 71.9 Å². The largest absolute Gasteiger partial charge is 0.505 e. The lowest BCUT2D eigenvalue weighted by Crippen LogP contribution is -2.14. The van der Waals surface area contributed by atoms with Crippen molar-refractivity contribution in [1.29, 1.82) is 0 Å². The lowest BCUT2D eigenvalue weighted by molar-refractivity contribution is -0.138. The molecule has 0 bridgehead atoms. The van der Waals surface area contributed by atoms with Gasteiger partial charge in [-0.2, -0.15) is 18.2 Å². The number of rotatable bonds is 4. The fraction of sp³-hybridized carbons (Fsp3) is 0.0476. The molecule has 0 spiro atoms. The number of pyridine rings is 1. The van der Waals surface area contributed by atoms with Gasteiger partial charge in [0, 0.05) is 29.3 Å². The highest BCUT2D eigenvalue weighted by Gasteiger charge is 2.34. The third kappa shape index (κ3) is 4.21. The highest BCUT2D eigenvalue weighted by molar-refractivity contribution is 6.12.